The third-order valence-electron chi connectivity index (χ3n) is 10.8. The Bertz CT molecular complexity index is 3050. The number of fused-ring (bicyclic) bond motifs is 10. The van der Waals surface area contributed by atoms with Crippen molar-refractivity contribution in [1.29, 1.82) is 0 Å². The lowest BCUT2D eigenvalue weighted by Crippen LogP contribution is -2.30. The van der Waals surface area contributed by atoms with E-state index in [0.29, 0.717) is 0 Å². The average molecular weight is 642 g/mol. The second-order valence-corrected chi connectivity index (χ2v) is 13.5. The number of benzene rings is 6. The summed E-state index contributed by atoms with van der Waals surface area (Å²) in [5, 5.41) is 8.49. The van der Waals surface area contributed by atoms with Crippen LogP contribution in [0.5, 0.6) is 0 Å². The molecule has 0 bridgehead atoms. The lowest BCUT2D eigenvalue weighted by atomic mass is 9.91. The van der Waals surface area contributed by atoms with Crippen LogP contribution in [0, 0.1) is 0 Å². The van der Waals surface area contributed by atoms with Crippen LogP contribution in [0.15, 0.2) is 132 Å². The molecule has 3 heterocycles. The minimum Gasteiger partial charge on any atom is -0.452 e. The minimum absolute atomic E-state index is 0.744. The molecule has 0 N–H and O–H groups in total. The zero-order valence-electron chi connectivity index (χ0n) is 27.4. The van der Waals surface area contributed by atoms with E-state index in [0.717, 1.165) is 70.5 Å². The highest BCUT2D eigenvalue weighted by Crippen LogP contribution is 2.41. The van der Waals surface area contributed by atoms with E-state index in [1.165, 1.54) is 59.7 Å². The lowest BCUT2D eigenvalue weighted by Gasteiger charge is -2.17. The Morgan fingerprint density at radius 3 is 2.52 bits per heavy atom. The maximum Gasteiger partial charge on any atom is 0.180 e. The average Bonchev–Trinajstić information content (AvgIpc) is 3.73. The normalized spacial score (nSPS) is 14.1. The zero-order valence-corrected chi connectivity index (χ0v) is 27.4. The molecule has 11 rings (SSSR count). The van der Waals surface area contributed by atoms with Crippen LogP contribution in [0.25, 0.3) is 89.3 Å². The zero-order chi connectivity index (χ0) is 32.8. The van der Waals surface area contributed by atoms with E-state index in [1.54, 1.807) is 0 Å². The fourth-order valence-corrected chi connectivity index (χ4v) is 8.49. The van der Waals surface area contributed by atoms with E-state index >= 15 is 0 Å². The van der Waals surface area contributed by atoms with Crippen LogP contribution < -0.4 is 10.4 Å². The van der Waals surface area contributed by atoms with Gasteiger partial charge in [0.2, 0.25) is 0 Å². The van der Waals surface area contributed by atoms with Gasteiger partial charge in [-0.2, -0.15) is 0 Å². The highest BCUT2D eigenvalue weighted by Gasteiger charge is 2.24. The van der Waals surface area contributed by atoms with Crippen LogP contribution in [0.3, 0.4) is 0 Å². The van der Waals surface area contributed by atoms with Crippen LogP contribution >= 0.6 is 0 Å². The molecule has 2 aliphatic rings. The molecule has 4 heteroatoms. The number of rotatable bonds is 3. The van der Waals surface area contributed by atoms with Crippen molar-refractivity contribution in [1.82, 2.24) is 14.5 Å². The maximum absolute atomic E-state index is 6.78. The minimum atomic E-state index is 0.744. The van der Waals surface area contributed by atoms with E-state index in [9.17, 15) is 0 Å². The Morgan fingerprint density at radius 1 is 0.660 bits per heavy atom. The number of nitrogens with zero attached hydrogens (tertiary/aromatic N) is 3. The molecule has 4 nitrogen and oxygen atoms in total. The Balaban J connectivity index is 1.23. The summed E-state index contributed by atoms with van der Waals surface area (Å²) >= 11 is 0. The molecular formula is C46H31N3O. The first kappa shape index (κ1) is 27.7. The van der Waals surface area contributed by atoms with Crippen molar-refractivity contribution < 1.29 is 4.42 Å². The molecule has 6 aromatic carbocycles. The van der Waals surface area contributed by atoms with Gasteiger partial charge in [0.15, 0.2) is 11.4 Å². The Kier molecular flexibility index (Phi) is 5.88. The molecule has 2 aliphatic carbocycles. The fourth-order valence-electron chi connectivity index (χ4n) is 8.49. The van der Waals surface area contributed by atoms with Crippen LogP contribution in [0.1, 0.15) is 36.2 Å². The Hall–Kier alpha value is -6.26. The molecule has 0 atom stereocenters. The molecule has 0 spiro atoms. The summed E-state index contributed by atoms with van der Waals surface area (Å²) in [6.45, 7) is 0. The summed E-state index contributed by atoms with van der Waals surface area (Å²) in [4.78, 5) is 10.8. The molecule has 0 saturated carbocycles. The van der Waals surface area contributed by atoms with Crippen LogP contribution in [-0.2, 0) is 6.42 Å². The summed E-state index contributed by atoms with van der Waals surface area (Å²) in [5.41, 5.74) is 11.6. The highest BCUT2D eigenvalue weighted by molar-refractivity contribution is 6.21. The summed E-state index contributed by atoms with van der Waals surface area (Å²) in [6.07, 6.45) is 10.7. The molecule has 0 unspecified atom stereocenters. The first-order valence-corrected chi connectivity index (χ1v) is 17.5. The molecule has 0 saturated heterocycles. The number of hydrogen-bond acceptors (Lipinski definition) is 3. The van der Waals surface area contributed by atoms with Gasteiger partial charge in [-0.25, -0.2) is 9.97 Å². The third kappa shape index (κ3) is 3.99. The summed E-state index contributed by atoms with van der Waals surface area (Å²) < 4.78 is 9.17. The van der Waals surface area contributed by atoms with Gasteiger partial charge in [-0.15, -0.1) is 0 Å². The number of aromatic nitrogens is 3. The maximum atomic E-state index is 6.78. The highest BCUT2D eigenvalue weighted by atomic mass is 16.3. The van der Waals surface area contributed by atoms with Gasteiger partial charge in [0.25, 0.3) is 0 Å². The molecule has 0 fully saturated rings. The van der Waals surface area contributed by atoms with Gasteiger partial charge in [-0.05, 0) is 88.4 Å². The van der Waals surface area contributed by atoms with E-state index in [4.69, 9.17) is 14.4 Å². The second-order valence-electron chi connectivity index (χ2n) is 13.5. The monoisotopic (exact) mass is 641 g/mol. The van der Waals surface area contributed by atoms with Crippen LogP contribution in [0.2, 0.25) is 0 Å². The number of furan rings is 1. The summed E-state index contributed by atoms with van der Waals surface area (Å²) in [7, 11) is 0. The van der Waals surface area contributed by atoms with Gasteiger partial charge < -0.3 is 8.98 Å². The van der Waals surface area contributed by atoms with Gasteiger partial charge in [0, 0.05) is 33.0 Å². The van der Waals surface area contributed by atoms with Crippen molar-refractivity contribution in [3.8, 4) is 16.9 Å². The third-order valence-corrected chi connectivity index (χ3v) is 10.8. The van der Waals surface area contributed by atoms with E-state index in [-0.39, 0.29) is 0 Å². The van der Waals surface area contributed by atoms with Crippen molar-refractivity contribution >= 4 is 72.4 Å². The van der Waals surface area contributed by atoms with Crippen molar-refractivity contribution in [2.24, 2.45) is 0 Å². The molecule has 236 valence electrons. The van der Waals surface area contributed by atoms with Crippen LogP contribution in [0.4, 0.5) is 0 Å². The quantitative estimate of drug-likeness (QED) is 0.193. The molecule has 9 aromatic rings. The lowest BCUT2D eigenvalue weighted by molar-refractivity contribution is 0.666. The van der Waals surface area contributed by atoms with Crippen molar-refractivity contribution in [3.63, 3.8) is 0 Å². The topological polar surface area (TPSA) is 43.9 Å². The molecule has 0 aliphatic heterocycles. The fraction of sp³-hybridized carbons (Fsp3) is 0.0870. The van der Waals surface area contributed by atoms with E-state index < -0.39 is 0 Å². The van der Waals surface area contributed by atoms with Gasteiger partial charge in [0.05, 0.1) is 11.0 Å². The molecule has 0 radical (unpaired) electrons. The largest absolute Gasteiger partial charge is 0.452 e. The number of para-hydroxylation sites is 1. The van der Waals surface area contributed by atoms with Gasteiger partial charge in [0.1, 0.15) is 16.8 Å². The van der Waals surface area contributed by atoms with Crippen molar-refractivity contribution in [3.05, 3.63) is 155 Å². The van der Waals surface area contributed by atoms with E-state index in [2.05, 4.69) is 144 Å². The first-order valence-electron chi connectivity index (χ1n) is 17.5. The van der Waals surface area contributed by atoms with Gasteiger partial charge in [-0.3, -0.25) is 0 Å². The van der Waals surface area contributed by atoms with Crippen molar-refractivity contribution in [2.45, 2.75) is 25.7 Å². The smallest absolute Gasteiger partial charge is 0.180 e. The predicted octanol–water partition coefficient (Wildman–Crippen LogP) is 10.0. The SMILES string of the molecule is C1=Cc2cccc(-c3nc(C4=c5ccccc5=CCC4)nc4c3oc3ccc(-n5c6ccccc6c6c7ccccc7ccc65)cc34)c2CC1. The number of hydrogen-bond donors (Lipinski definition) is 0. The van der Waals surface area contributed by atoms with E-state index in [1.807, 2.05) is 0 Å². The van der Waals surface area contributed by atoms with Crippen molar-refractivity contribution in [2.75, 3.05) is 0 Å². The standard InChI is InChI=1S/C46H31N3O/c1-4-16-32-28(11-1)14-9-20-35(32)43-45-44(48-46(47-43)36-21-10-15-29-12-2-5-17-33(29)36)38-27-31(24-26-41(38)50-45)49-39-22-8-7-19-37(39)42-34-18-6-3-13-30(34)23-25-40(42)49/h1-3,5-9,11-15,17-20,22-27H,4,10,16,21H2. The van der Waals surface area contributed by atoms with Gasteiger partial charge in [-0.1, -0.05) is 109 Å². The molecule has 50 heavy (non-hydrogen) atoms. The summed E-state index contributed by atoms with van der Waals surface area (Å²) in [6, 6.07) is 43.6. The molecular weight excluding hydrogens is 611 g/mol. The Morgan fingerprint density at radius 2 is 1.54 bits per heavy atom. The Labute approximate surface area is 288 Å². The number of allylic oxidation sites excluding steroid dienone is 1. The van der Waals surface area contributed by atoms with Crippen LogP contribution in [-0.4, -0.2) is 14.5 Å². The predicted molar refractivity (Wildman–Crippen MR) is 206 cm³/mol. The second kappa shape index (κ2) is 10.6. The first-order chi connectivity index (χ1) is 24.8. The molecule has 3 aromatic heterocycles. The summed E-state index contributed by atoms with van der Waals surface area (Å²) in [5.74, 6) is 0.786. The van der Waals surface area contributed by atoms with Gasteiger partial charge >= 0.3 is 0 Å². The molecule has 0 amide bonds.